The summed E-state index contributed by atoms with van der Waals surface area (Å²) in [5.74, 6) is 1.55. The summed E-state index contributed by atoms with van der Waals surface area (Å²) in [6.07, 6.45) is 0.296. The quantitative estimate of drug-likeness (QED) is 0.743. The lowest BCUT2D eigenvalue weighted by Gasteiger charge is -2.13. The Labute approximate surface area is 78.9 Å². The third-order valence-electron chi connectivity index (χ3n) is 2.62. The average molecular weight is 177 g/mol. The van der Waals surface area contributed by atoms with Crippen molar-refractivity contribution in [3.8, 4) is 5.75 Å². The lowest BCUT2D eigenvalue weighted by molar-refractivity contribution is 0.225. The van der Waals surface area contributed by atoms with Gasteiger partial charge in [-0.05, 0) is 20.0 Å². The van der Waals surface area contributed by atoms with Crippen LogP contribution < -0.4 is 10.1 Å². The van der Waals surface area contributed by atoms with Gasteiger partial charge in [0.1, 0.15) is 11.9 Å². The second kappa shape index (κ2) is 3.38. The molecule has 0 fully saturated rings. The Bertz CT molecular complexity index is 298. The molecule has 0 spiro atoms. The standard InChI is InChI=1S/C11H15NO/c1-8-10(7-12-2)9-5-3-4-6-11(9)13-8/h3-6,8,10,12H,7H2,1-2H3. The molecule has 0 bridgehead atoms. The normalized spacial score (nSPS) is 25.4. The van der Waals surface area contributed by atoms with Crippen LogP contribution in [0.2, 0.25) is 0 Å². The molecule has 70 valence electrons. The number of rotatable bonds is 2. The van der Waals surface area contributed by atoms with Gasteiger partial charge in [0.05, 0.1) is 0 Å². The average Bonchev–Trinajstić information content (AvgIpc) is 2.44. The molecule has 1 aromatic rings. The van der Waals surface area contributed by atoms with Crippen LogP contribution >= 0.6 is 0 Å². The molecule has 0 saturated heterocycles. The highest BCUT2D eigenvalue weighted by Gasteiger charge is 2.29. The van der Waals surface area contributed by atoms with Gasteiger partial charge in [0.25, 0.3) is 0 Å². The molecular formula is C11H15NO. The fraction of sp³-hybridized carbons (Fsp3) is 0.455. The Morgan fingerprint density at radius 2 is 2.15 bits per heavy atom. The zero-order chi connectivity index (χ0) is 9.26. The van der Waals surface area contributed by atoms with E-state index in [1.807, 2.05) is 19.2 Å². The molecule has 1 aliphatic heterocycles. The van der Waals surface area contributed by atoms with E-state index in [1.54, 1.807) is 0 Å². The van der Waals surface area contributed by atoms with E-state index in [1.165, 1.54) is 5.56 Å². The summed E-state index contributed by atoms with van der Waals surface area (Å²) in [5.41, 5.74) is 1.34. The first-order valence-corrected chi connectivity index (χ1v) is 4.73. The Morgan fingerprint density at radius 1 is 1.38 bits per heavy atom. The third kappa shape index (κ3) is 1.42. The summed E-state index contributed by atoms with van der Waals surface area (Å²) >= 11 is 0. The predicted molar refractivity (Wildman–Crippen MR) is 53.2 cm³/mol. The molecule has 0 saturated carbocycles. The van der Waals surface area contributed by atoms with Crippen molar-refractivity contribution in [2.24, 2.45) is 0 Å². The lowest BCUT2D eigenvalue weighted by atomic mass is 9.96. The van der Waals surface area contributed by atoms with Crippen LogP contribution in [0.5, 0.6) is 5.75 Å². The molecule has 2 rings (SSSR count). The van der Waals surface area contributed by atoms with E-state index in [0.717, 1.165) is 12.3 Å². The smallest absolute Gasteiger partial charge is 0.123 e. The first kappa shape index (κ1) is 8.57. The van der Waals surface area contributed by atoms with Gasteiger partial charge in [0.2, 0.25) is 0 Å². The molecule has 1 aromatic carbocycles. The Hall–Kier alpha value is -1.02. The van der Waals surface area contributed by atoms with Crippen molar-refractivity contribution in [1.29, 1.82) is 0 Å². The molecule has 1 heterocycles. The largest absolute Gasteiger partial charge is 0.490 e. The monoisotopic (exact) mass is 177 g/mol. The second-order valence-corrected chi connectivity index (χ2v) is 3.52. The van der Waals surface area contributed by atoms with E-state index in [0.29, 0.717) is 12.0 Å². The van der Waals surface area contributed by atoms with Crippen molar-refractivity contribution in [3.05, 3.63) is 29.8 Å². The zero-order valence-electron chi connectivity index (χ0n) is 8.08. The number of ether oxygens (including phenoxy) is 1. The molecule has 2 atom stereocenters. The van der Waals surface area contributed by atoms with Crippen LogP contribution in [0.15, 0.2) is 24.3 Å². The van der Waals surface area contributed by atoms with Crippen molar-refractivity contribution >= 4 is 0 Å². The van der Waals surface area contributed by atoms with Crippen LogP contribution in [0, 0.1) is 0 Å². The molecule has 2 unspecified atom stereocenters. The number of hydrogen-bond donors (Lipinski definition) is 1. The van der Waals surface area contributed by atoms with E-state index < -0.39 is 0 Å². The van der Waals surface area contributed by atoms with Crippen molar-refractivity contribution in [2.75, 3.05) is 13.6 Å². The van der Waals surface area contributed by atoms with Crippen LogP contribution in [0.4, 0.5) is 0 Å². The van der Waals surface area contributed by atoms with Crippen molar-refractivity contribution in [1.82, 2.24) is 5.32 Å². The van der Waals surface area contributed by atoms with E-state index in [-0.39, 0.29) is 0 Å². The van der Waals surface area contributed by atoms with Gasteiger partial charge in [-0.15, -0.1) is 0 Å². The summed E-state index contributed by atoms with van der Waals surface area (Å²) in [7, 11) is 1.98. The van der Waals surface area contributed by atoms with Gasteiger partial charge in [-0.25, -0.2) is 0 Å². The van der Waals surface area contributed by atoms with Crippen LogP contribution in [0.25, 0.3) is 0 Å². The number of benzene rings is 1. The first-order valence-electron chi connectivity index (χ1n) is 4.73. The minimum Gasteiger partial charge on any atom is -0.490 e. The maximum absolute atomic E-state index is 5.73. The number of para-hydroxylation sites is 1. The van der Waals surface area contributed by atoms with Crippen LogP contribution in [0.3, 0.4) is 0 Å². The molecule has 1 aliphatic rings. The highest BCUT2D eigenvalue weighted by molar-refractivity contribution is 5.40. The SMILES string of the molecule is CNCC1c2ccccc2OC1C. The van der Waals surface area contributed by atoms with E-state index in [9.17, 15) is 0 Å². The number of fused-ring (bicyclic) bond motifs is 1. The van der Waals surface area contributed by atoms with Gasteiger partial charge in [-0.1, -0.05) is 18.2 Å². The number of likely N-dealkylation sites (N-methyl/N-ethyl adjacent to an activating group) is 1. The third-order valence-corrected chi connectivity index (χ3v) is 2.62. The fourth-order valence-electron chi connectivity index (χ4n) is 1.93. The Balaban J connectivity index is 2.29. The van der Waals surface area contributed by atoms with Gasteiger partial charge in [0, 0.05) is 18.0 Å². The molecule has 2 heteroatoms. The molecule has 0 aromatic heterocycles. The highest BCUT2D eigenvalue weighted by atomic mass is 16.5. The first-order chi connectivity index (χ1) is 6.33. The topological polar surface area (TPSA) is 21.3 Å². The minimum atomic E-state index is 0.296. The maximum atomic E-state index is 5.73. The molecule has 0 aliphatic carbocycles. The highest BCUT2D eigenvalue weighted by Crippen LogP contribution is 2.37. The van der Waals surface area contributed by atoms with Crippen molar-refractivity contribution < 1.29 is 4.74 Å². The Morgan fingerprint density at radius 3 is 2.92 bits per heavy atom. The van der Waals surface area contributed by atoms with Crippen molar-refractivity contribution in [2.45, 2.75) is 18.9 Å². The molecule has 1 N–H and O–H groups in total. The fourth-order valence-corrected chi connectivity index (χ4v) is 1.93. The van der Waals surface area contributed by atoms with Gasteiger partial charge >= 0.3 is 0 Å². The summed E-state index contributed by atoms with van der Waals surface area (Å²) in [5, 5.41) is 3.20. The van der Waals surface area contributed by atoms with Crippen LogP contribution in [0.1, 0.15) is 18.4 Å². The second-order valence-electron chi connectivity index (χ2n) is 3.52. The van der Waals surface area contributed by atoms with Gasteiger partial charge in [-0.2, -0.15) is 0 Å². The zero-order valence-corrected chi connectivity index (χ0v) is 8.08. The molecular weight excluding hydrogens is 162 g/mol. The number of hydrogen-bond acceptors (Lipinski definition) is 2. The van der Waals surface area contributed by atoms with Gasteiger partial charge < -0.3 is 10.1 Å². The van der Waals surface area contributed by atoms with Crippen LogP contribution in [-0.2, 0) is 0 Å². The van der Waals surface area contributed by atoms with Gasteiger partial charge in [-0.3, -0.25) is 0 Å². The van der Waals surface area contributed by atoms with E-state index in [4.69, 9.17) is 4.74 Å². The van der Waals surface area contributed by atoms with E-state index in [2.05, 4.69) is 24.4 Å². The summed E-state index contributed by atoms with van der Waals surface area (Å²) in [6, 6.07) is 8.29. The van der Waals surface area contributed by atoms with Crippen molar-refractivity contribution in [3.63, 3.8) is 0 Å². The number of nitrogens with one attached hydrogen (secondary N) is 1. The summed E-state index contributed by atoms with van der Waals surface area (Å²) in [4.78, 5) is 0. The van der Waals surface area contributed by atoms with Gasteiger partial charge in [0.15, 0.2) is 0 Å². The molecule has 0 radical (unpaired) electrons. The minimum absolute atomic E-state index is 0.296. The maximum Gasteiger partial charge on any atom is 0.123 e. The van der Waals surface area contributed by atoms with E-state index >= 15 is 0 Å². The molecule has 2 nitrogen and oxygen atoms in total. The summed E-state index contributed by atoms with van der Waals surface area (Å²) < 4.78 is 5.73. The Kier molecular flexibility index (Phi) is 2.23. The predicted octanol–water partition coefficient (Wildman–Crippen LogP) is 1.77. The summed E-state index contributed by atoms with van der Waals surface area (Å²) in [6.45, 7) is 3.11. The lowest BCUT2D eigenvalue weighted by Crippen LogP contribution is -2.24. The van der Waals surface area contributed by atoms with Crippen LogP contribution in [-0.4, -0.2) is 19.7 Å². The molecule has 13 heavy (non-hydrogen) atoms. The molecule has 0 amide bonds.